The van der Waals surface area contributed by atoms with Crippen LogP contribution in [0.15, 0.2) is 137 Å². The predicted molar refractivity (Wildman–Crippen MR) is 211 cm³/mol. The molecule has 10 rings (SSSR count). The van der Waals surface area contributed by atoms with Crippen molar-refractivity contribution in [3.05, 3.63) is 154 Å². The average molecular weight is 781 g/mol. The van der Waals surface area contributed by atoms with Crippen LogP contribution in [0.2, 0.25) is 10.0 Å². The molecular formula is C45H31Cl2N3O6. The van der Waals surface area contributed by atoms with E-state index in [-0.39, 0.29) is 35.4 Å². The van der Waals surface area contributed by atoms with E-state index >= 15 is 4.79 Å². The molecule has 56 heavy (non-hydrogen) atoms. The molecule has 3 heterocycles. The van der Waals surface area contributed by atoms with Crippen molar-refractivity contribution < 1.29 is 28.7 Å². The minimum atomic E-state index is -1.48. The average Bonchev–Trinajstić information content (AvgIpc) is 3.82. The third-order valence-electron chi connectivity index (χ3n) is 12.1. The number of aromatic hydroxyl groups is 1. The van der Waals surface area contributed by atoms with Crippen LogP contribution in [-0.2, 0) is 24.6 Å². The number of aromatic nitrogens is 1. The van der Waals surface area contributed by atoms with Crippen LogP contribution in [0.25, 0.3) is 22.6 Å². The first-order valence-corrected chi connectivity index (χ1v) is 19.1. The molecule has 9 nitrogen and oxygen atoms in total. The first-order valence-electron chi connectivity index (χ1n) is 18.4. The number of oxazole rings is 1. The van der Waals surface area contributed by atoms with Crippen LogP contribution in [0, 0.1) is 23.7 Å². The monoisotopic (exact) mass is 779 g/mol. The number of anilines is 2. The van der Waals surface area contributed by atoms with Gasteiger partial charge < -0.3 is 9.52 Å². The molecule has 4 amide bonds. The summed E-state index contributed by atoms with van der Waals surface area (Å²) < 4.78 is 5.94. The van der Waals surface area contributed by atoms with Gasteiger partial charge in [0.2, 0.25) is 29.5 Å². The van der Waals surface area contributed by atoms with Gasteiger partial charge in [-0.05, 0) is 96.6 Å². The lowest BCUT2D eigenvalue weighted by atomic mass is 9.49. The Morgan fingerprint density at radius 3 is 2.25 bits per heavy atom. The summed E-state index contributed by atoms with van der Waals surface area (Å²) in [7, 11) is 0. The van der Waals surface area contributed by atoms with Crippen molar-refractivity contribution in [2.75, 3.05) is 9.80 Å². The quantitative estimate of drug-likeness (QED) is 0.137. The molecular weight excluding hydrogens is 749 g/mol. The molecule has 6 atom stereocenters. The summed E-state index contributed by atoms with van der Waals surface area (Å²) in [4.78, 5) is 66.4. The van der Waals surface area contributed by atoms with Crippen molar-refractivity contribution in [3.8, 4) is 17.2 Å². The predicted octanol–water partition coefficient (Wildman–Crippen LogP) is 8.87. The van der Waals surface area contributed by atoms with E-state index in [9.17, 15) is 19.5 Å². The molecule has 1 saturated carbocycles. The molecule has 5 aromatic carbocycles. The van der Waals surface area contributed by atoms with Crippen LogP contribution in [0.1, 0.15) is 29.9 Å². The number of carbonyl (C=O) groups is 4. The highest BCUT2D eigenvalue weighted by atomic mass is 35.5. The van der Waals surface area contributed by atoms with Crippen molar-refractivity contribution in [2.45, 2.75) is 24.2 Å². The smallest absolute Gasteiger partial charge is 0.246 e. The fourth-order valence-electron chi connectivity index (χ4n) is 9.84. The van der Waals surface area contributed by atoms with Crippen LogP contribution < -0.4 is 9.80 Å². The Labute approximate surface area is 330 Å². The summed E-state index contributed by atoms with van der Waals surface area (Å²) in [6.45, 7) is 0. The van der Waals surface area contributed by atoms with E-state index in [1.165, 1.54) is 21.9 Å². The Balaban J connectivity index is 1.10. The Bertz CT molecular complexity index is 2640. The Morgan fingerprint density at radius 1 is 0.732 bits per heavy atom. The first-order chi connectivity index (χ1) is 27.2. The van der Waals surface area contributed by atoms with E-state index in [1.807, 2.05) is 60.7 Å². The highest BCUT2D eigenvalue weighted by Crippen LogP contribution is 2.65. The van der Waals surface area contributed by atoms with E-state index in [0.29, 0.717) is 44.6 Å². The second-order valence-corrected chi connectivity index (χ2v) is 15.7. The van der Waals surface area contributed by atoms with Gasteiger partial charge in [0, 0.05) is 21.5 Å². The largest absolute Gasteiger partial charge is 0.508 e. The van der Waals surface area contributed by atoms with Crippen LogP contribution in [0.3, 0.4) is 0 Å². The number of halogens is 2. The third kappa shape index (κ3) is 4.90. The molecule has 2 aliphatic heterocycles. The molecule has 6 unspecified atom stereocenters. The number of allylic oxidation sites excluding steroid dienone is 2. The number of fused-ring (bicyclic) bond motifs is 5. The molecule has 2 saturated heterocycles. The van der Waals surface area contributed by atoms with E-state index < -0.39 is 46.8 Å². The number of carbonyl (C=O) groups excluding carboxylic acids is 4. The zero-order valence-electron chi connectivity index (χ0n) is 29.5. The molecule has 0 spiro atoms. The van der Waals surface area contributed by atoms with Gasteiger partial charge in [0.25, 0.3) is 0 Å². The van der Waals surface area contributed by atoms with E-state index in [2.05, 4.69) is 4.98 Å². The summed E-state index contributed by atoms with van der Waals surface area (Å²) >= 11 is 13.4. The van der Waals surface area contributed by atoms with Crippen LogP contribution in [0.4, 0.5) is 11.4 Å². The molecule has 276 valence electrons. The molecule has 11 heteroatoms. The van der Waals surface area contributed by atoms with Gasteiger partial charge in [-0.2, -0.15) is 0 Å². The van der Waals surface area contributed by atoms with Crippen molar-refractivity contribution in [3.63, 3.8) is 0 Å². The Morgan fingerprint density at radius 2 is 1.50 bits per heavy atom. The summed E-state index contributed by atoms with van der Waals surface area (Å²) in [6.07, 6.45) is 2.37. The Kier molecular flexibility index (Phi) is 7.85. The maximum atomic E-state index is 15.4. The summed E-state index contributed by atoms with van der Waals surface area (Å²) in [5.41, 5.74) is 3.25. The van der Waals surface area contributed by atoms with Crippen molar-refractivity contribution in [1.29, 1.82) is 0 Å². The van der Waals surface area contributed by atoms with Gasteiger partial charge in [-0.15, -0.1) is 0 Å². The van der Waals surface area contributed by atoms with Crippen molar-refractivity contribution in [2.24, 2.45) is 23.7 Å². The first kappa shape index (κ1) is 34.5. The highest BCUT2D eigenvalue weighted by molar-refractivity contribution is 6.33. The zero-order valence-corrected chi connectivity index (χ0v) is 31.0. The molecule has 0 bridgehead atoms. The number of benzene rings is 5. The topological polar surface area (TPSA) is 121 Å². The number of hydrogen-bond donors (Lipinski definition) is 1. The second-order valence-electron chi connectivity index (χ2n) is 14.8. The Hall–Kier alpha value is -6.03. The van der Waals surface area contributed by atoms with Gasteiger partial charge in [-0.1, -0.05) is 89.4 Å². The van der Waals surface area contributed by atoms with Gasteiger partial charge in [-0.3, -0.25) is 24.1 Å². The van der Waals surface area contributed by atoms with Gasteiger partial charge in [0.15, 0.2) is 5.58 Å². The minimum Gasteiger partial charge on any atom is -0.508 e. The third-order valence-corrected chi connectivity index (χ3v) is 12.7. The van der Waals surface area contributed by atoms with Gasteiger partial charge in [0.1, 0.15) is 11.3 Å². The molecule has 0 radical (unpaired) electrons. The highest BCUT2D eigenvalue weighted by Gasteiger charge is 2.70. The van der Waals surface area contributed by atoms with E-state index in [0.717, 1.165) is 11.1 Å². The number of hydrogen-bond acceptors (Lipinski definition) is 7. The van der Waals surface area contributed by atoms with Gasteiger partial charge >= 0.3 is 0 Å². The summed E-state index contributed by atoms with van der Waals surface area (Å²) in [5.74, 6) is -5.01. The number of nitrogens with zero attached hydrogens (tertiary/aromatic N) is 3. The number of phenols is 1. The van der Waals surface area contributed by atoms with Gasteiger partial charge in [-0.25, -0.2) is 9.88 Å². The SMILES string of the molecule is O=C1C2CC=C3C(CC4C(=O)N(c5cccc(Cl)c5)C(=O)C4(c4ccccc4)C3c3ccc(O)cc3Cl)C2C(=O)N1c1ccc(-c2nc3ccccc3o2)cc1. The zero-order chi connectivity index (χ0) is 38.5. The molecule has 1 N–H and O–H groups in total. The lowest BCUT2D eigenvalue weighted by Gasteiger charge is -2.51. The summed E-state index contributed by atoms with van der Waals surface area (Å²) in [5, 5.41) is 11.0. The minimum absolute atomic E-state index is 0.0576. The molecule has 4 aliphatic rings. The van der Waals surface area contributed by atoms with E-state index in [4.69, 9.17) is 27.6 Å². The molecule has 2 aliphatic carbocycles. The lowest BCUT2D eigenvalue weighted by Crippen LogP contribution is -2.53. The molecule has 3 fully saturated rings. The van der Waals surface area contributed by atoms with Crippen molar-refractivity contribution >= 4 is 69.3 Å². The van der Waals surface area contributed by atoms with Crippen LogP contribution in [0.5, 0.6) is 5.75 Å². The van der Waals surface area contributed by atoms with Crippen molar-refractivity contribution in [1.82, 2.24) is 4.98 Å². The number of para-hydroxylation sites is 2. The number of imide groups is 2. The number of phenolic OH excluding ortho intramolecular Hbond substituents is 1. The molecule has 6 aromatic rings. The number of rotatable bonds is 5. The van der Waals surface area contributed by atoms with Crippen LogP contribution in [-0.4, -0.2) is 33.7 Å². The maximum absolute atomic E-state index is 15.4. The molecule has 1 aromatic heterocycles. The summed E-state index contributed by atoms with van der Waals surface area (Å²) in [6, 6.07) is 34.9. The normalized spacial score (nSPS) is 25.7. The lowest BCUT2D eigenvalue weighted by molar-refractivity contribution is -0.127. The van der Waals surface area contributed by atoms with Gasteiger partial charge in [0.05, 0.1) is 34.5 Å². The van der Waals surface area contributed by atoms with E-state index in [1.54, 1.807) is 54.6 Å². The number of amides is 4. The standard InChI is InChI=1S/C45H31Cl2N3O6/c46-26-9-6-10-28(21-26)50-42(53)34-23-33-30(39(31-18-17-29(51)22-35(31)47)45(34,44(50)55)25-7-2-1-3-8-25)19-20-32-38(33)43(54)49(41(32)52)27-15-13-24(14-16-27)40-48-36-11-4-5-12-37(36)56-40/h1-19,21-22,32-34,38-39,51H,20,23H2. The fourth-order valence-corrected chi connectivity index (χ4v) is 10.3. The maximum Gasteiger partial charge on any atom is 0.246 e. The van der Waals surface area contributed by atoms with Crippen LogP contribution >= 0.6 is 23.2 Å². The fraction of sp³-hybridized carbons (Fsp3) is 0.178. The second kappa shape index (κ2) is 12.8.